The summed E-state index contributed by atoms with van der Waals surface area (Å²) in [5.74, 6) is 3.52. The van der Waals surface area contributed by atoms with Crippen LogP contribution in [0.5, 0.6) is 5.75 Å². The van der Waals surface area contributed by atoms with Crippen molar-refractivity contribution >= 4 is 35.1 Å². The Labute approximate surface area is 164 Å². The Bertz CT molecular complexity index is 708. The Morgan fingerprint density at radius 3 is 2.35 bits per heavy atom. The van der Waals surface area contributed by atoms with Gasteiger partial charge in [-0.05, 0) is 59.2 Å². The largest absolute Gasteiger partial charge is 0.484 e. The molecule has 2 aromatic rings. The molecule has 0 unspecified atom stereocenters. The van der Waals surface area contributed by atoms with E-state index >= 15 is 0 Å². The summed E-state index contributed by atoms with van der Waals surface area (Å²) >= 11 is 4.00. The average molecular weight is 388 g/mol. The van der Waals surface area contributed by atoms with E-state index in [1.807, 2.05) is 59.9 Å². The summed E-state index contributed by atoms with van der Waals surface area (Å²) in [5.41, 5.74) is 3.38. The lowest BCUT2D eigenvalue weighted by molar-refractivity contribution is -0.118. The van der Waals surface area contributed by atoms with E-state index in [0.29, 0.717) is 10.5 Å². The fourth-order valence-corrected chi connectivity index (χ4v) is 5.59. The Morgan fingerprint density at radius 2 is 1.73 bits per heavy atom. The molecule has 1 amide bonds. The van der Waals surface area contributed by atoms with Crippen molar-refractivity contribution in [1.82, 2.24) is 0 Å². The van der Waals surface area contributed by atoms with Crippen molar-refractivity contribution in [3.63, 3.8) is 0 Å². The van der Waals surface area contributed by atoms with Gasteiger partial charge in [-0.15, -0.1) is 23.5 Å². The molecule has 1 aliphatic rings. The first-order valence-corrected chi connectivity index (χ1v) is 11.1. The van der Waals surface area contributed by atoms with Crippen molar-refractivity contribution in [2.45, 2.75) is 30.8 Å². The van der Waals surface area contributed by atoms with Crippen molar-refractivity contribution in [1.29, 1.82) is 0 Å². The van der Waals surface area contributed by atoms with Crippen LogP contribution >= 0.6 is 23.5 Å². The summed E-state index contributed by atoms with van der Waals surface area (Å²) in [6, 6.07) is 16.1. The van der Waals surface area contributed by atoms with E-state index < -0.39 is 0 Å². The van der Waals surface area contributed by atoms with E-state index in [0.717, 1.165) is 11.4 Å². The zero-order valence-electron chi connectivity index (χ0n) is 15.2. The molecule has 2 aromatic carbocycles. The van der Waals surface area contributed by atoms with Crippen molar-refractivity contribution in [3.8, 4) is 5.75 Å². The monoisotopic (exact) mass is 387 g/mol. The Kier molecular flexibility index (Phi) is 6.92. The van der Waals surface area contributed by atoms with Gasteiger partial charge >= 0.3 is 0 Å². The first-order chi connectivity index (χ1) is 12.6. The number of rotatable bonds is 6. The number of carbonyl (C=O) groups is 1. The van der Waals surface area contributed by atoms with Gasteiger partial charge in [0.2, 0.25) is 0 Å². The van der Waals surface area contributed by atoms with Crippen LogP contribution in [-0.4, -0.2) is 24.0 Å². The van der Waals surface area contributed by atoms with Gasteiger partial charge in [-0.2, -0.15) is 0 Å². The fourth-order valence-electron chi connectivity index (χ4n) is 2.70. The van der Waals surface area contributed by atoms with Crippen LogP contribution in [0.3, 0.4) is 0 Å². The van der Waals surface area contributed by atoms with Crippen LogP contribution < -0.4 is 10.1 Å². The Balaban J connectivity index is 1.48. The fraction of sp³-hybridized carbons (Fsp3) is 0.381. The van der Waals surface area contributed by atoms with Gasteiger partial charge in [-0.25, -0.2) is 0 Å². The molecule has 1 N–H and O–H groups in total. The number of amides is 1. The van der Waals surface area contributed by atoms with Crippen molar-refractivity contribution in [2.75, 3.05) is 23.4 Å². The van der Waals surface area contributed by atoms with E-state index in [1.165, 1.54) is 29.1 Å². The standard InChI is InChI=1S/C21H25NO2S2/c1-15(2)16-4-8-18(9-5-16)22-20(23)14-24-19-10-6-17(7-11-19)21-25-12-3-13-26-21/h4-11,15,21H,3,12-14H2,1-2H3,(H,22,23). The van der Waals surface area contributed by atoms with Crippen LogP contribution in [0.4, 0.5) is 5.69 Å². The number of hydrogen-bond acceptors (Lipinski definition) is 4. The quantitative estimate of drug-likeness (QED) is 0.690. The molecule has 0 saturated carbocycles. The summed E-state index contributed by atoms with van der Waals surface area (Å²) < 4.78 is 6.14. The lowest BCUT2D eigenvalue weighted by atomic mass is 10.0. The summed E-state index contributed by atoms with van der Waals surface area (Å²) in [6.07, 6.45) is 1.29. The van der Waals surface area contributed by atoms with E-state index in [1.54, 1.807) is 0 Å². The molecular formula is C21H25NO2S2. The number of carbonyl (C=O) groups excluding carboxylic acids is 1. The normalized spacial score (nSPS) is 15.0. The zero-order chi connectivity index (χ0) is 18.4. The molecule has 1 fully saturated rings. The first-order valence-electron chi connectivity index (χ1n) is 8.97. The molecule has 3 nitrogen and oxygen atoms in total. The van der Waals surface area contributed by atoms with E-state index in [2.05, 4.69) is 31.3 Å². The van der Waals surface area contributed by atoms with Gasteiger partial charge < -0.3 is 10.1 Å². The van der Waals surface area contributed by atoms with Crippen molar-refractivity contribution < 1.29 is 9.53 Å². The second-order valence-corrected chi connectivity index (χ2v) is 9.33. The third kappa shape index (κ3) is 5.45. The molecule has 0 bridgehead atoms. The molecular weight excluding hydrogens is 362 g/mol. The molecule has 0 aromatic heterocycles. The van der Waals surface area contributed by atoms with Crippen LogP contribution in [0.15, 0.2) is 48.5 Å². The maximum Gasteiger partial charge on any atom is 0.262 e. The highest BCUT2D eigenvalue weighted by Crippen LogP contribution is 2.43. The van der Waals surface area contributed by atoms with Crippen LogP contribution in [-0.2, 0) is 4.79 Å². The van der Waals surface area contributed by atoms with Crippen LogP contribution in [0, 0.1) is 0 Å². The molecule has 138 valence electrons. The number of nitrogens with one attached hydrogen (secondary N) is 1. The lowest BCUT2D eigenvalue weighted by Crippen LogP contribution is -2.20. The predicted octanol–water partition coefficient (Wildman–Crippen LogP) is 5.70. The minimum Gasteiger partial charge on any atom is -0.484 e. The van der Waals surface area contributed by atoms with Gasteiger partial charge in [-0.1, -0.05) is 38.1 Å². The average Bonchev–Trinajstić information content (AvgIpc) is 2.68. The van der Waals surface area contributed by atoms with Crippen LogP contribution in [0.2, 0.25) is 0 Å². The molecule has 3 rings (SSSR count). The second-order valence-electron chi connectivity index (χ2n) is 6.61. The van der Waals surface area contributed by atoms with Gasteiger partial charge in [0.1, 0.15) is 5.75 Å². The minimum atomic E-state index is -0.148. The molecule has 0 spiro atoms. The molecule has 0 radical (unpaired) electrons. The third-order valence-corrected chi connectivity index (χ3v) is 7.23. The van der Waals surface area contributed by atoms with Crippen LogP contribution in [0.25, 0.3) is 0 Å². The highest BCUT2D eigenvalue weighted by Gasteiger charge is 2.16. The van der Waals surface area contributed by atoms with Gasteiger partial charge in [0.25, 0.3) is 5.91 Å². The lowest BCUT2D eigenvalue weighted by Gasteiger charge is -2.21. The summed E-state index contributed by atoms with van der Waals surface area (Å²) in [5, 5.41) is 2.87. The molecule has 0 atom stereocenters. The smallest absolute Gasteiger partial charge is 0.262 e. The number of benzene rings is 2. The highest BCUT2D eigenvalue weighted by molar-refractivity contribution is 8.16. The molecule has 1 saturated heterocycles. The highest BCUT2D eigenvalue weighted by atomic mass is 32.2. The SMILES string of the molecule is CC(C)c1ccc(NC(=O)COc2ccc(C3SCCCS3)cc2)cc1. The Hall–Kier alpha value is -1.59. The maximum absolute atomic E-state index is 12.1. The van der Waals surface area contributed by atoms with E-state index in [-0.39, 0.29) is 12.5 Å². The topological polar surface area (TPSA) is 38.3 Å². The number of anilines is 1. The molecule has 26 heavy (non-hydrogen) atoms. The minimum absolute atomic E-state index is 0.0121. The van der Waals surface area contributed by atoms with Gasteiger partial charge in [0.15, 0.2) is 6.61 Å². The van der Waals surface area contributed by atoms with Crippen LogP contribution in [0.1, 0.15) is 41.9 Å². The van der Waals surface area contributed by atoms with Gasteiger partial charge in [-0.3, -0.25) is 4.79 Å². The van der Waals surface area contributed by atoms with Gasteiger partial charge in [0.05, 0.1) is 4.58 Å². The molecule has 1 aliphatic heterocycles. The summed E-state index contributed by atoms with van der Waals surface area (Å²) in [6.45, 7) is 4.31. The number of ether oxygens (including phenoxy) is 1. The molecule has 1 heterocycles. The number of thioether (sulfide) groups is 2. The van der Waals surface area contributed by atoms with Gasteiger partial charge in [0, 0.05) is 5.69 Å². The maximum atomic E-state index is 12.1. The summed E-state index contributed by atoms with van der Waals surface area (Å²) in [7, 11) is 0. The van der Waals surface area contributed by atoms with Crippen molar-refractivity contribution in [2.24, 2.45) is 0 Å². The zero-order valence-corrected chi connectivity index (χ0v) is 16.9. The van der Waals surface area contributed by atoms with E-state index in [4.69, 9.17) is 4.74 Å². The first kappa shape index (κ1) is 19.2. The van der Waals surface area contributed by atoms with E-state index in [9.17, 15) is 4.79 Å². The third-order valence-electron chi connectivity index (χ3n) is 4.21. The molecule has 5 heteroatoms. The molecule has 0 aliphatic carbocycles. The summed E-state index contributed by atoms with van der Waals surface area (Å²) in [4.78, 5) is 12.1. The van der Waals surface area contributed by atoms with Crippen molar-refractivity contribution in [3.05, 3.63) is 59.7 Å². The number of hydrogen-bond donors (Lipinski definition) is 1. The Morgan fingerprint density at radius 1 is 1.08 bits per heavy atom. The second kappa shape index (κ2) is 9.38. The predicted molar refractivity (Wildman–Crippen MR) is 113 cm³/mol.